The summed E-state index contributed by atoms with van der Waals surface area (Å²) < 4.78 is 0. The topological polar surface area (TPSA) is 43.9 Å². The predicted molar refractivity (Wildman–Crippen MR) is 81.3 cm³/mol. The molecule has 2 aliphatic rings. The van der Waals surface area contributed by atoms with Crippen LogP contribution in [0, 0.1) is 6.92 Å². The van der Waals surface area contributed by atoms with Crippen molar-refractivity contribution in [3.05, 3.63) is 29.8 Å². The fraction of sp³-hybridized carbons (Fsp3) is 0.500. The van der Waals surface area contributed by atoms with Gasteiger partial charge in [0.05, 0.1) is 0 Å². The minimum absolute atomic E-state index is 0.0635. The van der Waals surface area contributed by atoms with E-state index >= 15 is 0 Å². The number of nitrogens with zero attached hydrogens (tertiary/aromatic N) is 3. The number of carbonyl (C=O) groups is 2. The van der Waals surface area contributed by atoms with Gasteiger partial charge >= 0.3 is 6.03 Å². The van der Waals surface area contributed by atoms with Gasteiger partial charge in [-0.2, -0.15) is 0 Å². The van der Waals surface area contributed by atoms with Crippen LogP contribution in [0.25, 0.3) is 0 Å². The molecule has 5 nitrogen and oxygen atoms in total. The number of hydrogen-bond acceptors (Lipinski definition) is 2. The van der Waals surface area contributed by atoms with Gasteiger partial charge in [-0.05, 0) is 31.9 Å². The molecule has 5 heteroatoms. The van der Waals surface area contributed by atoms with Crippen molar-refractivity contribution in [3.63, 3.8) is 0 Å². The fourth-order valence-corrected chi connectivity index (χ4v) is 2.92. The van der Waals surface area contributed by atoms with E-state index in [1.807, 2.05) is 36.1 Å². The van der Waals surface area contributed by atoms with Crippen LogP contribution in [0.5, 0.6) is 0 Å². The minimum atomic E-state index is -0.0635. The number of aryl methyl sites for hydroxylation is 1. The minimum Gasteiger partial charge on any atom is -0.341 e. The Morgan fingerprint density at radius 2 is 1.71 bits per heavy atom. The summed E-state index contributed by atoms with van der Waals surface area (Å²) >= 11 is 0. The van der Waals surface area contributed by atoms with Crippen LogP contribution in [0.4, 0.5) is 10.5 Å². The summed E-state index contributed by atoms with van der Waals surface area (Å²) in [7, 11) is 0. The number of amides is 3. The van der Waals surface area contributed by atoms with Crippen LogP contribution in [-0.4, -0.2) is 54.5 Å². The zero-order valence-electron chi connectivity index (χ0n) is 12.4. The largest absolute Gasteiger partial charge is 0.341 e. The van der Waals surface area contributed by atoms with Crippen molar-refractivity contribution in [1.82, 2.24) is 9.80 Å². The molecule has 0 saturated carbocycles. The highest BCUT2D eigenvalue weighted by molar-refractivity contribution is 5.96. The van der Waals surface area contributed by atoms with E-state index in [1.165, 1.54) is 5.56 Å². The van der Waals surface area contributed by atoms with Crippen molar-refractivity contribution >= 4 is 17.6 Å². The molecule has 0 N–H and O–H groups in total. The first-order chi connectivity index (χ1) is 10.1. The zero-order chi connectivity index (χ0) is 14.8. The smallest absolute Gasteiger partial charge is 0.325 e. The molecule has 0 atom stereocenters. The predicted octanol–water partition coefficient (Wildman–Crippen LogP) is 1.86. The second-order valence-electron chi connectivity index (χ2n) is 5.78. The molecule has 0 radical (unpaired) electrons. The summed E-state index contributed by atoms with van der Waals surface area (Å²) in [6, 6.07) is 7.85. The van der Waals surface area contributed by atoms with Crippen LogP contribution in [0.1, 0.15) is 18.4 Å². The second kappa shape index (κ2) is 5.76. The van der Waals surface area contributed by atoms with Gasteiger partial charge in [0.25, 0.3) is 0 Å². The Morgan fingerprint density at radius 3 is 2.38 bits per heavy atom. The molecule has 3 rings (SSSR count). The van der Waals surface area contributed by atoms with Crippen molar-refractivity contribution in [1.29, 1.82) is 0 Å². The van der Waals surface area contributed by atoms with Gasteiger partial charge in [0.15, 0.2) is 0 Å². The Morgan fingerprint density at radius 1 is 1.05 bits per heavy atom. The van der Waals surface area contributed by atoms with E-state index < -0.39 is 0 Å². The lowest BCUT2D eigenvalue weighted by atomic mass is 10.2. The van der Waals surface area contributed by atoms with Gasteiger partial charge in [-0.15, -0.1) is 0 Å². The van der Waals surface area contributed by atoms with Gasteiger partial charge in [-0.1, -0.05) is 17.7 Å². The molecule has 0 unspecified atom stereocenters. The number of likely N-dealkylation sites (tertiary alicyclic amines) is 1. The first kappa shape index (κ1) is 13.9. The Labute approximate surface area is 125 Å². The molecule has 0 spiro atoms. The highest BCUT2D eigenvalue weighted by Gasteiger charge is 2.32. The Kier molecular flexibility index (Phi) is 3.82. The standard InChI is InChI=1S/C16H21N3O2/c1-13-4-6-14(7-5-13)19-11-10-18(16(19)21)12-15(20)17-8-2-3-9-17/h4-7H,2-3,8-12H2,1H3. The fourth-order valence-electron chi connectivity index (χ4n) is 2.92. The molecule has 0 aliphatic carbocycles. The van der Waals surface area contributed by atoms with Crippen molar-refractivity contribution in [2.45, 2.75) is 19.8 Å². The van der Waals surface area contributed by atoms with Crippen LogP contribution in [0.15, 0.2) is 24.3 Å². The van der Waals surface area contributed by atoms with Crippen LogP contribution in [0.2, 0.25) is 0 Å². The number of carbonyl (C=O) groups excluding carboxylic acids is 2. The molecule has 1 aromatic rings. The maximum atomic E-state index is 12.4. The summed E-state index contributed by atoms with van der Waals surface area (Å²) in [5, 5.41) is 0. The van der Waals surface area contributed by atoms with E-state index in [2.05, 4.69) is 0 Å². The van der Waals surface area contributed by atoms with Crippen LogP contribution < -0.4 is 4.90 Å². The van der Waals surface area contributed by atoms with Crippen molar-refractivity contribution in [2.75, 3.05) is 37.6 Å². The van der Waals surface area contributed by atoms with Crippen molar-refractivity contribution in [3.8, 4) is 0 Å². The molecule has 1 aromatic carbocycles. The molecule has 2 aliphatic heterocycles. The monoisotopic (exact) mass is 287 g/mol. The quantitative estimate of drug-likeness (QED) is 0.851. The molecule has 3 amide bonds. The van der Waals surface area contributed by atoms with Gasteiger partial charge in [0, 0.05) is 31.9 Å². The van der Waals surface area contributed by atoms with Crippen molar-refractivity contribution in [2.24, 2.45) is 0 Å². The highest BCUT2D eigenvalue weighted by atomic mass is 16.2. The lowest BCUT2D eigenvalue weighted by Gasteiger charge is -2.21. The third-order valence-corrected chi connectivity index (χ3v) is 4.23. The molecule has 21 heavy (non-hydrogen) atoms. The average Bonchev–Trinajstić information content (AvgIpc) is 3.11. The van der Waals surface area contributed by atoms with Gasteiger partial charge in [-0.3, -0.25) is 9.69 Å². The molecule has 0 bridgehead atoms. The number of urea groups is 1. The van der Waals surface area contributed by atoms with E-state index in [4.69, 9.17) is 0 Å². The normalized spacial score (nSPS) is 18.7. The molecular weight excluding hydrogens is 266 g/mol. The molecule has 2 fully saturated rings. The van der Waals surface area contributed by atoms with Gasteiger partial charge in [0.1, 0.15) is 6.54 Å². The molecule has 0 aromatic heterocycles. The van der Waals surface area contributed by atoms with Crippen LogP contribution in [-0.2, 0) is 4.79 Å². The molecule has 2 heterocycles. The first-order valence-corrected chi connectivity index (χ1v) is 7.56. The Bertz CT molecular complexity index is 535. The second-order valence-corrected chi connectivity index (χ2v) is 5.78. The summed E-state index contributed by atoms with van der Waals surface area (Å²) in [5.74, 6) is 0.0756. The van der Waals surface area contributed by atoms with Crippen LogP contribution in [0.3, 0.4) is 0 Å². The summed E-state index contributed by atoms with van der Waals surface area (Å²) in [6.45, 7) is 5.17. The summed E-state index contributed by atoms with van der Waals surface area (Å²) in [5.41, 5.74) is 2.08. The number of rotatable bonds is 3. The van der Waals surface area contributed by atoms with Gasteiger partial charge in [0.2, 0.25) is 5.91 Å². The van der Waals surface area contributed by atoms with Crippen LogP contribution >= 0.6 is 0 Å². The summed E-state index contributed by atoms with van der Waals surface area (Å²) in [4.78, 5) is 29.8. The molecular formula is C16H21N3O2. The van der Waals surface area contributed by atoms with E-state index in [9.17, 15) is 9.59 Å². The zero-order valence-corrected chi connectivity index (χ0v) is 12.4. The third-order valence-electron chi connectivity index (χ3n) is 4.23. The highest BCUT2D eigenvalue weighted by Crippen LogP contribution is 2.21. The lowest BCUT2D eigenvalue weighted by Crippen LogP contribution is -2.41. The van der Waals surface area contributed by atoms with Gasteiger partial charge in [-0.25, -0.2) is 4.79 Å². The van der Waals surface area contributed by atoms with E-state index in [0.717, 1.165) is 31.6 Å². The number of benzene rings is 1. The van der Waals surface area contributed by atoms with E-state index in [0.29, 0.717) is 13.1 Å². The van der Waals surface area contributed by atoms with Gasteiger partial charge < -0.3 is 9.80 Å². The number of hydrogen-bond donors (Lipinski definition) is 0. The lowest BCUT2D eigenvalue weighted by molar-refractivity contribution is -0.130. The number of anilines is 1. The van der Waals surface area contributed by atoms with E-state index in [1.54, 1.807) is 9.80 Å². The maximum Gasteiger partial charge on any atom is 0.325 e. The Hall–Kier alpha value is -2.04. The average molecular weight is 287 g/mol. The van der Waals surface area contributed by atoms with E-state index in [-0.39, 0.29) is 18.5 Å². The molecule has 2 saturated heterocycles. The van der Waals surface area contributed by atoms with Crippen molar-refractivity contribution < 1.29 is 9.59 Å². The SMILES string of the molecule is Cc1ccc(N2CCN(CC(=O)N3CCCC3)C2=O)cc1. The third kappa shape index (κ3) is 2.86. The summed E-state index contributed by atoms with van der Waals surface area (Å²) in [6.07, 6.45) is 2.16. The Balaban J connectivity index is 1.63. The first-order valence-electron chi connectivity index (χ1n) is 7.56. The molecule has 112 valence electrons. The maximum absolute atomic E-state index is 12.4.